The number of carbonyl (C=O) groups excluding carboxylic acids is 2. The van der Waals surface area contributed by atoms with Crippen LogP contribution in [-0.4, -0.2) is 80.6 Å². The van der Waals surface area contributed by atoms with Gasteiger partial charge in [0, 0.05) is 19.3 Å². The number of nitrogens with zero attached hydrogens (tertiary/aromatic N) is 1. The Morgan fingerprint density at radius 3 is 1.90 bits per heavy atom. The zero-order valence-electron chi connectivity index (χ0n) is 26.2. The summed E-state index contributed by atoms with van der Waals surface area (Å²) in [5.74, 6) is -1.58. The summed E-state index contributed by atoms with van der Waals surface area (Å²) in [6.07, 6.45) is 25.5. The average Bonchev–Trinajstić information content (AvgIpc) is 2.91. The summed E-state index contributed by atoms with van der Waals surface area (Å²) in [7, 11) is 5.46. The van der Waals surface area contributed by atoms with Crippen LogP contribution in [-0.2, 0) is 28.6 Å². The second-order valence-electron chi connectivity index (χ2n) is 11.0. The van der Waals surface area contributed by atoms with E-state index in [1.807, 2.05) is 28.1 Å². The van der Waals surface area contributed by atoms with Gasteiger partial charge in [0.1, 0.15) is 6.61 Å². The second kappa shape index (κ2) is 25.0. The molecule has 41 heavy (non-hydrogen) atoms. The highest BCUT2D eigenvalue weighted by Crippen LogP contribution is 2.10. The van der Waals surface area contributed by atoms with Crippen LogP contribution in [0.1, 0.15) is 90.9 Å². The van der Waals surface area contributed by atoms with Crippen LogP contribution in [0.5, 0.6) is 0 Å². The molecule has 0 saturated carbocycles. The third-order valence-corrected chi connectivity index (χ3v) is 6.24. The molecule has 0 aromatic carbocycles. The number of unbranched alkanes of at least 4 members (excludes halogenated alkanes) is 3. The van der Waals surface area contributed by atoms with E-state index in [2.05, 4.69) is 55.5 Å². The first-order chi connectivity index (χ1) is 19.6. The number of carboxylic acid groups (broad SMARTS) is 1. The lowest BCUT2D eigenvalue weighted by Gasteiger charge is -2.31. The van der Waals surface area contributed by atoms with E-state index in [0.717, 1.165) is 51.4 Å². The Bertz CT molecular complexity index is 824. The van der Waals surface area contributed by atoms with E-state index < -0.39 is 18.1 Å². The Hall–Kier alpha value is -2.71. The van der Waals surface area contributed by atoms with E-state index in [1.165, 1.54) is 0 Å². The maximum atomic E-state index is 12.4. The molecule has 0 aliphatic carbocycles. The van der Waals surface area contributed by atoms with Crippen LogP contribution in [0, 0.1) is 0 Å². The predicted molar refractivity (Wildman–Crippen MR) is 164 cm³/mol. The highest BCUT2D eigenvalue weighted by atomic mass is 16.6. The molecule has 0 bridgehead atoms. The fourth-order valence-corrected chi connectivity index (χ4v) is 3.82. The highest BCUT2D eigenvalue weighted by molar-refractivity contribution is 5.72. The number of hydrogen-bond donors (Lipinski definition) is 1. The first-order valence-electron chi connectivity index (χ1n) is 15.2. The van der Waals surface area contributed by atoms with Crippen molar-refractivity contribution in [3.05, 3.63) is 48.6 Å². The standard InChI is InChI=1S/C33H55NO7/c1-6-8-10-11-12-13-14-15-16-17-18-19-20-21-22-24-32(36)41-29(28-40-31(35)23-9-7-2)27-39-26-25-30(33(37)38)34(3,4)5/h8,10,12-13,15-16,18-19,29-30H,6-7,9,11,14,17,20-28H2,1-5H3/p+1/b10-8-,13-12-,16-15-,19-18-. The summed E-state index contributed by atoms with van der Waals surface area (Å²) < 4.78 is 16.8. The van der Waals surface area contributed by atoms with Crippen molar-refractivity contribution in [3.63, 3.8) is 0 Å². The van der Waals surface area contributed by atoms with Gasteiger partial charge in [0.25, 0.3) is 0 Å². The molecule has 0 rings (SSSR count). The van der Waals surface area contributed by atoms with Crippen molar-refractivity contribution < 1.29 is 38.2 Å². The van der Waals surface area contributed by atoms with E-state index in [0.29, 0.717) is 19.3 Å². The van der Waals surface area contributed by atoms with E-state index >= 15 is 0 Å². The van der Waals surface area contributed by atoms with Crippen molar-refractivity contribution in [1.82, 2.24) is 0 Å². The van der Waals surface area contributed by atoms with E-state index in [1.54, 1.807) is 0 Å². The van der Waals surface area contributed by atoms with Crippen molar-refractivity contribution in [1.29, 1.82) is 0 Å². The molecule has 0 aliphatic heterocycles. The van der Waals surface area contributed by atoms with Crippen LogP contribution < -0.4 is 0 Å². The van der Waals surface area contributed by atoms with E-state index in [4.69, 9.17) is 14.2 Å². The largest absolute Gasteiger partial charge is 0.477 e. The maximum Gasteiger partial charge on any atom is 0.362 e. The summed E-state index contributed by atoms with van der Waals surface area (Å²) in [6, 6.07) is -0.618. The molecule has 2 atom stereocenters. The van der Waals surface area contributed by atoms with Crippen molar-refractivity contribution in [2.24, 2.45) is 0 Å². The number of esters is 2. The van der Waals surface area contributed by atoms with Gasteiger partial charge in [-0.05, 0) is 51.4 Å². The lowest BCUT2D eigenvalue weighted by molar-refractivity contribution is -0.887. The number of aliphatic carboxylic acids is 1. The molecule has 0 aromatic rings. The quantitative estimate of drug-likeness (QED) is 0.0567. The number of ether oxygens (including phenoxy) is 3. The minimum absolute atomic E-state index is 0.0399. The van der Waals surface area contributed by atoms with Gasteiger partial charge in [-0.25, -0.2) is 4.79 Å². The van der Waals surface area contributed by atoms with Gasteiger partial charge < -0.3 is 23.8 Å². The van der Waals surface area contributed by atoms with Crippen LogP contribution in [0.25, 0.3) is 0 Å². The second-order valence-corrected chi connectivity index (χ2v) is 11.0. The lowest BCUT2D eigenvalue weighted by atomic mass is 10.1. The minimum atomic E-state index is -0.890. The number of rotatable bonds is 25. The molecule has 8 heteroatoms. The van der Waals surface area contributed by atoms with Crippen LogP contribution in [0.3, 0.4) is 0 Å². The molecule has 0 heterocycles. The van der Waals surface area contributed by atoms with Crippen LogP contribution in [0.15, 0.2) is 48.6 Å². The molecule has 8 nitrogen and oxygen atoms in total. The molecule has 0 aromatic heterocycles. The molecule has 0 radical (unpaired) electrons. The number of likely N-dealkylation sites (N-methyl/N-ethyl adjacent to an activating group) is 1. The topological polar surface area (TPSA) is 99.1 Å². The summed E-state index contributed by atoms with van der Waals surface area (Å²) in [5.41, 5.74) is 0. The monoisotopic (exact) mass is 578 g/mol. The molecular weight excluding hydrogens is 522 g/mol. The zero-order valence-corrected chi connectivity index (χ0v) is 26.2. The molecule has 0 fully saturated rings. The molecule has 2 unspecified atom stereocenters. The van der Waals surface area contributed by atoms with Gasteiger partial charge in [0.2, 0.25) is 0 Å². The number of carbonyl (C=O) groups is 3. The Balaban J connectivity index is 4.41. The smallest absolute Gasteiger partial charge is 0.362 e. The van der Waals surface area contributed by atoms with Crippen molar-refractivity contribution in [3.8, 4) is 0 Å². The summed E-state index contributed by atoms with van der Waals surface area (Å²) in [4.78, 5) is 35.9. The summed E-state index contributed by atoms with van der Waals surface area (Å²) >= 11 is 0. The SMILES string of the molecule is CC/C=C\C/C=C\C/C=C\C/C=C\CCCCC(=O)OC(COCCC(C(=O)O)[N+](C)(C)C)COC(=O)CCCC. The zero-order chi connectivity index (χ0) is 30.8. The van der Waals surface area contributed by atoms with Crippen molar-refractivity contribution >= 4 is 17.9 Å². The number of quaternary nitrogens is 1. The molecule has 0 spiro atoms. The third kappa shape index (κ3) is 23.7. The Morgan fingerprint density at radius 1 is 0.756 bits per heavy atom. The van der Waals surface area contributed by atoms with Crippen molar-refractivity contribution in [2.45, 2.75) is 103 Å². The fraction of sp³-hybridized carbons (Fsp3) is 0.667. The predicted octanol–water partition coefficient (Wildman–Crippen LogP) is 6.56. The first-order valence-corrected chi connectivity index (χ1v) is 15.2. The Morgan fingerprint density at radius 2 is 1.34 bits per heavy atom. The van der Waals surface area contributed by atoms with E-state index in [9.17, 15) is 19.5 Å². The highest BCUT2D eigenvalue weighted by Gasteiger charge is 2.31. The molecular formula is C33H56NO7+. The molecule has 0 aliphatic rings. The normalized spacial score (nSPS) is 13.9. The first kappa shape index (κ1) is 38.3. The molecule has 0 amide bonds. The van der Waals surface area contributed by atoms with Crippen LogP contribution >= 0.6 is 0 Å². The van der Waals surface area contributed by atoms with Gasteiger partial charge in [-0.15, -0.1) is 0 Å². The van der Waals surface area contributed by atoms with Crippen LogP contribution in [0.2, 0.25) is 0 Å². The summed E-state index contributed by atoms with van der Waals surface area (Å²) in [5, 5.41) is 9.47. The van der Waals surface area contributed by atoms with Gasteiger partial charge in [0.05, 0.1) is 34.4 Å². The third-order valence-electron chi connectivity index (χ3n) is 6.24. The van der Waals surface area contributed by atoms with E-state index in [-0.39, 0.29) is 42.7 Å². The average molecular weight is 579 g/mol. The molecule has 234 valence electrons. The molecule has 1 N–H and O–H groups in total. The molecule has 0 saturated heterocycles. The van der Waals surface area contributed by atoms with Crippen LogP contribution in [0.4, 0.5) is 0 Å². The minimum Gasteiger partial charge on any atom is -0.477 e. The van der Waals surface area contributed by atoms with Gasteiger partial charge >= 0.3 is 17.9 Å². The van der Waals surface area contributed by atoms with Gasteiger partial charge in [-0.3, -0.25) is 9.59 Å². The Labute approximate surface area is 248 Å². The lowest BCUT2D eigenvalue weighted by Crippen LogP contribution is -2.50. The van der Waals surface area contributed by atoms with Gasteiger partial charge in [-0.2, -0.15) is 0 Å². The van der Waals surface area contributed by atoms with Gasteiger partial charge in [-0.1, -0.05) is 68.9 Å². The van der Waals surface area contributed by atoms with Gasteiger partial charge in [0.15, 0.2) is 12.1 Å². The van der Waals surface area contributed by atoms with Crippen molar-refractivity contribution in [2.75, 3.05) is 41.0 Å². The number of allylic oxidation sites excluding steroid dienone is 8. The Kier molecular flexibility index (Phi) is 23.4. The number of hydrogen-bond acceptors (Lipinski definition) is 6. The number of carboxylic acids is 1. The maximum absolute atomic E-state index is 12.4. The summed E-state index contributed by atoms with van der Waals surface area (Å²) in [6.45, 7) is 4.28. The fourth-order valence-electron chi connectivity index (χ4n) is 3.82.